The molecule has 2 atom stereocenters. The number of fused-ring (bicyclic) bond motifs is 1. The van der Waals surface area contributed by atoms with Gasteiger partial charge in [-0.05, 0) is 54.9 Å². The molecule has 0 radical (unpaired) electrons. The number of halogens is 4. The number of likely N-dealkylation sites (tertiary alicyclic amines) is 1. The third-order valence-electron chi connectivity index (χ3n) is 8.42. The Hall–Kier alpha value is -2.64. The monoisotopic (exact) mass is 600 g/mol. The maximum absolute atomic E-state index is 14.0. The van der Waals surface area contributed by atoms with Gasteiger partial charge in [0.25, 0.3) is 11.8 Å². The number of alkyl halides is 3. The fourth-order valence-corrected chi connectivity index (χ4v) is 6.61. The number of imidazole rings is 1. The Kier molecular flexibility index (Phi) is 7.02. The first-order chi connectivity index (χ1) is 18.5. The van der Waals surface area contributed by atoms with E-state index in [4.69, 9.17) is 20.8 Å². The SMILES string of the molecule is CC(C)(C)[Si](C)(C)O[C@H]1CN(C(=O)c2nc3c(C(F)(F)F)cc(C4CC4)cn3c2Cl)CC[C@@H]1N1C(=O)COC1=O. The van der Waals surface area contributed by atoms with Gasteiger partial charge in [0.1, 0.15) is 5.15 Å². The molecule has 2 aromatic rings. The van der Waals surface area contributed by atoms with Crippen molar-refractivity contribution in [1.82, 2.24) is 19.2 Å². The molecule has 40 heavy (non-hydrogen) atoms. The maximum atomic E-state index is 14.0. The van der Waals surface area contributed by atoms with Gasteiger partial charge >= 0.3 is 12.3 Å². The highest BCUT2D eigenvalue weighted by Gasteiger charge is 2.49. The first-order valence-electron chi connectivity index (χ1n) is 13.2. The zero-order chi connectivity index (χ0) is 29.4. The molecule has 0 N–H and O–H groups in total. The highest BCUT2D eigenvalue weighted by molar-refractivity contribution is 6.74. The quantitative estimate of drug-likeness (QED) is 0.423. The number of carbonyl (C=O) groups excluding carboxylic acids is 3. The molecule has 0 bridgehead atoms. The molecule has 14 heteroatoms. The Morgan fingerprint density at radius 3 is 2.40 bits per heavy atom. The van der Waals surface area contributed by atoms with Gasteiger partial charge in [-0.1, -0.05) is 32.4 Å². The van der Waals surface area contributed by atoms with Crippen molar-refractivity contribution < 1.29 is 36.7 Å². The molecule has 3 amide bonds. The first-order valence-corrected chi connectivity index (χ1v) is 16.5. The summed E-state index contributed by atoms with van der Waals surface area (Å²) in [6.45, 7) is 9.91. The lowest BCUT2D eigenvalue weighted by Crippen LogP contribution is -2.60. The van der Waals surface area contributed by atoms with Crippen molar-refractivity contribution in [3.63, 3.8) is 0 Å². The molecule has 5 rings (SSSR count). The molecule has 0 aromatic carbocycles. The van der Waals surface area contributed by atoms with Crippen molar-refractivity contribution in [1.29, 1.82) is 0 Å². The van der Waals surface area contributed by atoms with Gasteiger partial charge in [-0.3, -0.25) is 14.0 Å². The van der Waals surface area contributed by atoms with Gasteiger partial charge < -0.3 is 14.1 Å². The lowest BCUT2D eigenvalue weighted by atomic mass is 10.00. The summed E-state index contributed by atoms with van der Waals surface area (Å²) >= 11 is 6.51. The van der Waals surface area contributed by atoms with Gasteiger partial charge in [0.15, 0.2) is 26.3 Å². The predicted molar refractivity (Wildman–Crippen MR) is 142 cm³/mol. The third kappa shape index (κ3) is 5.11. The molecule has 218 valence electrons. The molecule has 0 unspecified atom stereocenters. The van der Waals surface area contributed by atoms with Gasteiger partial charge in [-0.2, -0.15) is 13.2 Å². The molecule has 2 aromatic heterocycles. The Morgan fingerprint density at radius 1 is 1.18 bits per heavy atom. The minimum absolute atomic E-state index is 0.00325. The second-order valence-electron chi connectivity index (χ2n) is 12.2. The van der Waals surface area contributed by atoms with Crippen LogP contribution >= 0.6 is 11.6 Å². The Bertz CT molecular complexity index is 1370. The number of pyridine rings is 1. The van der Waals surface area contributed by atoms with Crippen molar-refractivity contribution in [2.24, 2.45) is 0 Å². The van der Waals surface area contributed by atoms with Gasteiger partial charge in [0.2, 0.25) is 0 Å². The Balaban J connectivity index is 1.49. The number of cyclic esters (lactones) is 1. The van der Waals surface area contributed by atoms with E-state index < -0.39 is 55.8 Å². The van der Waals surface area contributed by atoms with Crippen LogP contribution < -0.4 is 0 Å². The van der Waals surface area contributed by atoms with Crippen LogP contribution in [0.15, 0.2) is 12.3 Å². The van der Waals surface area contributed by atoms with Crippen molar-refractivity contribution in [3.05, 3.63) is 34.2 Å². The number of hydrogen-bond donors (Lipinski definition) is 0. The van der Waals surface area contributed by atoms with Crippen molar-refractivity contribution in [3.8, 4) is 0 Å². The summed E-state index contributed by atoms with van der Waals surface area (Å²) in [5, 5.41) is -0.410. The predicted octanol–water partition coefficient (Wildman–Crippen LogP) is 5.47. The molecule has 2 saturated heterocycles. The second-order valence-corrected chi connectivity index (χ2v) is 17.4. The summed E-state index contributed by atoms with van der Waals surface area (Å²) in [6.07, 6.45) is -2.86. The normalized spacial score (nSPS) is 22.8. The van der Waals surface area contributed by atoms with E-state index in [1.807, 2.05) is 33.9 Å². The van der Waals surface area contributed by atoms with Crippen LogP contribution in [-0.2, 0) is 20.1 Å². The maximum Gasteiger partial charge on any atom is 0.419 e. The number of aromatic nitrogens is 2. The van der Waals surface area contributed by atoms with E-state index in [0.717, 1.165) is 28.2 Å². The fourth-order valence-electron chi connectivity index (χ4n) is 5.01. The van der Waals surface area contributed by atoms with Crippen LogP contribution in [0.2, 0.25) is 23.3 Å². The number of nitrogens with zero attached hydrogens (tertiary/aromatic N) is 4. The number of carbonyl (C=O) groups is 3. The summed E-state index contributed by atoms with van der Waals surface area (Å²) in [5.41, 5.74) is -1.16. The Morgan fingerprint density at radius 2 is 1.85 bits per heavy atom. The first kappa shape index (κ1) is 28.9. The Labute approximate surface area is 235 Å². The summed E-state index contributed by atoms with van der Waals surface area (Å²) in [6, 6.07) is 0.431. The van der Waals surface area contributed by atoms with Crippen LogP contribution in [0.3, 0.4) is 0 Å². The molecule has 9 nitrogen and oxygen atoms in total. The fraction of sp³-hybridized carbons (Fsp3) is 0.615. The third-order valence-corrected chi connectivity index (χ3v) is 13.3. The number of rotatable bonds is 5. The molecule has 1 aliphatic carbocycles. The highest BCUT2D eigenvalue weighted by Crippen LogP contribution is 2.44. The lowest BCUT2D eigenvalue weighted by Gasteiger charge is -2.46. The van der Waals surface area contributed by atoms with Gasteiger partial charge in [-0.15, -0.1) is 0 Å². The molecule has 4 heterocycles. The lowest BCUT2D eigenvalue weighted by molar-refractivity contribution is -0.136. The number of hydrogen-bond acceptors (Lipinski definition) is 6. The van der Waals surface area contributed by atoms with Gasteiger partial charge in [0.05, 0.1) is 17.7 Å². The van der Waals surface area contributed by atoms with Crippen LogP contribution in [0.5, 0.6) is 0 Å². The van der Waals surface area contributed by atoms with Crippen LogP contribution in [0.4, 0.5) is 18.0 Å². The summed E-state index contributed by atoms with van der Waals surface area (Å²) in [4.78, 5) is 45.2. The van der Waals surface area contributed by atoms with Crippen LogP contribution in [0.25, 0.3) is 5.65 Å². The molecule has 3 fully saturated rings. The smallest absolute Gasteiger partial charge is 0.419 e. The number of ether oxygens (including phenoxy) is 1. The highest BCUT2D eigenvalue weighted by atomic mass is 35.5. The number of amides is 3. The number of piperidine rings is 1. The summed E-state index contributed by atoms with van der Waals surface area (Å²) in [7, 11) is -2.45. The van der Waals surface area contributed by atoms with Crippen molar-refractivity contribution in [2.45, 2.75) is 82.4 Å². The zero-order valence-electron chi connectivity index (χ0n) is 23.0. The number of imide groups is 1. The van der Waals surface area contributed by atoms with Gasteiger partial charge in [0, 0.05) is 19.3 Å². The standard InChI is InChI=1S/C26H32ClF3N4O5Si/c1-25(2,3)40(4,5)39-18-12-32(9-8-17(18)34-19(35)13-38-24(34)37)23(36)20-21(27)33-11-15(14-6-7-14)10-16(22(33)31-20)26(28,29)30/h10-11,14,17-18H,6-9,12-13H2,1-5H3/t17-,18-/m0/s1. The molecule has 1 saturated carbocycles. The van der Waals surface area contributed by atoms with Crippen LogP contribution in [0.1, 0.15) is 67.6 Å². The molecular weight excluding hydrogens is 569 g/mol. The molecule has 0 spiro atoms. The average molecular weight is 601 g/mol. The van der Waals surface area contributed by atoms with E-state index in [9.17, 15) is 27.6 Å². The van der Waals surface area contributed by atoms with Gasteiger partial charge in [-0.25, -0.2) is 14.7 Å². The molecular formula is C26H32ClF3N4O5Si. The average Bonchev–Trinajstić information content (AvgIpc) is 3.58. The summed E-state index contributed by atoms with van der Waals surface area (Å²) < 4.78 is 54.6. The topological polar surface area (TPSA) is 93.5 Å². The molecule has 3 aliphatic rings. The van der Waals surface area contributed by atoms with E-state index in [1.165, 1.54) is 11.1 Å². The van der Waals surface area contributed by atoms with Crippen molar-refractivity contribution in [2.75, 3.05) is 19.7 Å². The van der Waals surface area contributed by atoms with Crippen LogP contribution in [-0.4, -0.2) is 77.3 Å². The van der Waals surface area contributed by atoms with E-state index >= 15 is 0 Å². The molecule has 2 aliphatic heterocycles. The minimum atomic E-state index is -4.68. The van der Waals surface area contributed by atoms with Crippen LogP contribution in [0, 0.1) is 0 Å². The van der Waals surface area contributed by atoms with E-state index in [1.54, 1.807) is 0 Å². The largest absolute Gasteiger partial charge is 0.439 e. The second kappa shape index (κ2) is 9.73. The van der Waals surface area contributed by atoms with Crippen molar-refractivity contribution >= 4 is 43.5 Å². The summed E-state index contributed by atoms with van der Waals surface area (Å²) in [5.74, 6) is -1.10. The van der Waals surface area contributed by atoms with E-state index in [0.29, 0.717) is 5.56 Å². The zero-order valence-corrected chi connectivity index (χ0v) is 24.7. The van der Waals surface area contributed by atoms with E-state index in [-0.39, 0.29) is 47.9 Å². The van der Waals surface area contributed by atoms with E-state index in [2.05, 4.69) is 4.98 Å². The minimum Gasteiger partial charge on any atom is -0.439 e.